The molecule has 152 valence electrons. The summed E-state index contributed by atoms with van der Waals surface area (Å²) in [5.74, 6) is 0.841. The number of likely N-dealkylation sites (N-methyl/N-ethyl adjacent to an activating group) is 1. The highest BCUT2D eigenvalue weighted by molar-refractivity contribution is 5.23. The standard InChI is InChI=1S/C24H36N4/c1-25-14-16-28(17-15-25)19-23-7-5-21(6-8-23)18-22-9-12-27(13-10-22)20-24-4-3-11-26(24)2/h3-8,11,22H,9-10,12-20H2,1-2H3. The fourth-order valence-corrected chi connectivity index (χ4v) is 4.62. The van der Waals surface area contributed by atoms with Crippen LogP contribution in [0.15, 0.2) is 42.6 Å². The van der Waals surface area contributed by atoms with Crippen molar-refractivity contribution in [2.24, 2.45) is 13.0 Å². The van der Waals surface area contributed by atoms with Gasteiger partial charge in [-0.15, -0.1) is 0 Å². The van der Waals surface area contributed by atoms with Gasteiger partial charge in [0, 0.05) is 58.2 Å². The Morgan fingerprint density at radius 2 is 1.39 bits per heavy atom. The number of hydrogen-bond donors (Lipinski definition) is 0. The Morgan fingerprint density at radius 1 is 0.750 bits per heavy atom. The van der Waals surface area contributed by atoms with Crippen LogP contribution in [0.25, 0.3) is 0 Å². The molecule has 4 heteroatoms. The first-order valence-corrected chi connectivity index (χ1v) is 11.0. The molecule has 0 bridgehead atoms. The summed E-state index contributed by atoms with van der Waals surface area (Å²) < 4.78 is 2.25. The molecular formula is C24H36N4. The van der Waals surface area contributed by atoms with Gasteiger partial charge in [0.1, 0.15) is 0 Å². The molecule has 3 heterocycles. The second kappa shape index (κ2) is 9.25. The average molecular weight is 381 g/mol. The van der Waals surface area contributed by atoms with Crippen molar-refractivity contribution in [1.29, 1.82) is 0 Å². The molecule has 28 heavy (non-hydrogen) atoms. The van der Waals surface area contributed by atoms with Crippen molar-refractivity contribution in [1.82, 2.24) is 19.3 Å². The molecule has 1 aromatic heterocycles. The Bertz CT molecular complexity index is 719. The number of hydrogen-bond acceptors (Lipinski definition) is 3. The van der Waals surface area contributed by atoms with E-state index in [0.717, 1.165) is 19.0 Å². The molecule has 0 radical (unpaired) electrons. The summed E-state index contributed by atoms with van der Waals surface area (Å²) in [5, 5.41) is 0. The second-order valence-electron chi connectivity index (χ2n) is 8.93. The van der Waals surface area contributed by atoms with Crippen LogP contribution >= 0.6 is 0 Å². The quantitative estimate of drug-likeness (QED) is 0.765. The number of piperazine rings is 1. The van der Waals surface area contributed by atoms with Gasteiger partial charge in [-0.3, -0.25) is 9.80 Å². The van der Waals surface area contributed by atoms with Crippen LogP contribution in [-0.2, 0) is 26.6 Å². The third-order valence-electron chi connectivity index (χ3n) is 6.69. The SMILES string of the molecule is CN1CCN(Cc2ccc(CC3CCN(Cc4cccn4C)CC3)cc2)CC1. The van der Waals surface area contributed by atoms with Crippen LogP contribution < -0.4 is 0 Å². The Kier molecular flexibility index (Phi) is 6.50. The summed E-state index contributed by atoms with van der Waals surface area (Å²) >= 11 is 0. The monoisotopic (exact) mass is 380 g/mol. The van der Waals surface area contributed by atoms with Gasteiger partial charge in [0.2, 0.25) is 0 Å². The zero-order chi connectivity index (χ0) is 19.3. The molecule has 0 unspecified atom stereocenters. The maximum atomic E-state index is 2.62. The number of likely N-dealkylation sites (tertiary alicyclic amines) is 1. The maximum absolute atomic E-state index is 2.62. The lowest BCUT2D eigenvalue weighted by molar-refractivity contribution is 0.148. The molecular weight excluding hydrogens is 344 g/mol. The predicted molar refractivity (Wildman–Crippen MR) is 116 cm³/mol. The van der Waals surface area contributed by atoms with Crippen molar-refractivity contribution in [2.75, 3.05) is 46.3 Å². The van der Waals surface area contributed by atoms with Crippen LogP contribution in [0.3, 0.4) is 0 Å². The molecule has 0 aliphatic carbocycles. The van der Waals surface area contributed by atoms with Gasteiger partial charge < -0.3 is 9.47 Å². The van der Waals surface area contributed by atoms with Crippen molar-refractivity contribution in [3.8, 4) is 0 Å². The third kappa shape index (κ3) is 5.25. The largest absolute Gasteiger partial charge is 0.353 e. The molecule has 0 saturated carbocycles. The highest BCUT2D eigenvalue weighted by atomic mass is 15.2. The minimum atomic E-state index is 0.841. The number of piperidine rings is 1. The van der Waals surface area contributed by atoms with Gasteiger partial charge in [0.05, 0.1) is 0 Å². The summed E-state index contributed by atoms with van der Waals surface area (Å²) in [5.41, 5.74) is 4.41. The van der Waals surface area contributed by atoms with Crippen molar-refractivity contribution in [3.63, 3.8) is 0 Å². The summed E-state index contributed by atoms with van der Waals surface area (Å²) in [4.78, 5) is 7.62. The van der Waals surface area contributed by atoms with E-state index in [-0.39, 0.29) is 0 Å². The smallest absolute Gasteiger partial charge is 0.0387 e. The highest BCUT2D eigenvalue weighted by Crippen LogP contribution is 2.23. The van der Waals surface area contributed by atoms with Gasteiger partial charge >= 0.3 is 0 Å². The highest BCUT2D eigenvalue weighted by Gasteiger charge is 2.20. The lowest BCUT2D eigenvalue weighted by Gasteiger charge is -2.32. The molecule has 0 spiro atoms. The van der Waals surface area contributed by atoms with E-state index in [0.29, 0.717) is 0 Å². The second-order valence-corrected chi connectivity index (χ2v) is 8.93. The molecule has 0 atom stereocenters. The van der Waals surface area contributed by atoms with Crippen LogP contribution in [0.4, 0.5) is 0 Å². The Labute approximate surface area is 170 Å². The molecule has 2 aromatic rings. The zero-order valence-corrected chi connectivity index (χ0v) is 17.7. The number of rotatable bonds is 6. The third-order valence-corrected chi connectivity index (χ3v) is 6.69. The first kappa shape index (κ1) is 19.7. The molecule has 1 aromatic carbocycles. The summed E-state index contributed by atoms with van der Waals surface area (Å²) in [7, 11) is 4.37. The molecule has 4 nitrogen and oxygen atoms in total. The van der Waals surface area contributed by atoms with E-state index in [9.17, 15) is 0 Å². The minimum absolute atomic E-state index is 0.841. The van der Waals surface area contributed by atoms with E-state index in [4.69, 9.17) is 0 Å². The fourth-order valence-electron chi connectivity index (χ4n) is 4.62. The average Bonchev–Trinajstić information content (AvgIpc) is 3.11. The van der Waals surface area contributed by atoms with Gasteiger partial charge in [-0.2, -0.15) is 0 Å². The number of aromatic nitrogens is 1. The van der Waals surface area contributed by atoms with Crippen LogP contribution in [-0.4, -0.2) is 65.6 Å². The number of aryl methyl sites for hydroxylation is 1. The van der Waals surface area contributed by atoms with Crippen molar-refractivity contribution < 1.29 is 0 Å². The Balaban J connectivity index is 1.21. The Morgan fingerprint density at radius 3 is 2.04 bits per heavy atom. The predicted octanol–water partition coefficient (Wildman–Crippen LogP) is 3.23. The van der Waals surface area contributed by atoms with Crippen LogP contribution in [0, 0.1) is 5.92 Å². The molecule has 2 aliphatic rings. The van der Waals surface area contributed by atoms with E-state index >= 15 is 0 Å². The Hall–Kier alpha value is -1.62. The van der Waals surface area contributed by atoms with Crippen LogP contribution in [0.2, 0.25) is 0 Å². The van der Waals surface area contributed by atoms with E-state index in [2.05, 4.69) is 76.0 Å². The first-order valence-electron chi connectivity index (χ1n) is 11.0. The minimum Gasteiger partial charge on any atom is -0.353 e. The summed E-state index contributed by atoms with van der Waals surface area (Å²) in [6, 6.07) is 13.9. The molecule has 4 rings (SSSR count). The van der Waals surface area contributed by atoms with Gasteiger partial charge in [0.15, 0.2) is 0 Å². The molecule has 2 aliphatic heterocycles. The normalized spacial score (nSPS) is 20.6. The fraction of sp³-hybridized carbons (Fsp3) is 0.583. The van der Waals surface area contributed by atoms with Crippen LogP contribution in [0.1, 0.15) is 29.7 Å². The van der Waals surface area contributed by atoms with E-state index < -0.39 is 0 Å². The van der Waals surface area contributed by atoms with E-state index in [1.807, 2.05) is 0 Å². The summed E-state index contributed by atoms with van der Waals surface area (Å²) in [6.45, 7) is 9.44. The van der Waals surface area contributed by atoms with Gasteiger partial charge in [-0.1, -0.05) is 24.3 Å². The lowest BCUT2D eigenvalue weighted by atomic mass is 9.90. The molecule has 2 fully saturated rings. The first-order chi connectivity index (χ1) is 13.7. The van der Waals surface area contributed by atoms with Gasteiger partial charge in [-0.05, 0) is 68.6 Å². The topological polar surface area (TPSA) is 14.7 Å². The summed E-state index contributed by atoms with van der Waals surface area (Å²) in [6.07, 6.45) is 6.04. The van der Waals surface area contributed by atoms with Crippen LogP contribution in [0.5, 0.6) is 0 Å². The number of nitrogens with zero attached hydrogens (tertiary/aromatic N) is 4. The molecule has 0 amide bonds. The lowest BCUT2D eigenvalue weighted by Crippen LogP contribution is -2.43. The van der Waals surface area contributed by atoms with Crippen molar-refractivity contribution in [3.05, 3.63) is 59.4 Å². The zero-order valence-electron chi connectivity index (χ0n) is 17.7. The number of benzene rings is 1. The molecule has 2 saturated heterocycles. The van der Waals surface area contributed by atoms with Crippen molar-refractivity contribution >= 4 is 0 Å². The van der Waals surface area contributed by atoms with E-state index in [1.54, 1.807) is 0 Å². The van der Waals surface area contributed by atoms with Gasteiger partial charge in [-0.25, -0.2) is 0 Å². The van der Waals surface area contributed by atoms with E-state index in [1.165, 1.54) is 75.4 Å². The van der Waals surface area contributed by atoms with Crippen molar-refractivity contribution in [2.45, 2.75) is 32.4 Å². The van der Waals surface area contributed by atoms with Gasteiger partial charge in [0.25, 0.3) is 0 Å². The molecule has 0 N–H and O–H groups in total. The maximum Gasteiger partial charge on any atom is 0.0387 e.